The summed E-state index contributed by atoms with van der Waals surface area (Å²) in [6, 6.07) is 0. The summed E-state index contributed by atoms with van der Waals surface area (Å²) in [6.07, 6.45) is 5.78. The molecule has 2 saturated heterocycles. The predicted molar refractivity (Wildman–Crippen MR) is 125 cm³/mol. The van der Waals surface area contributed by atoms with Crippen LogP contribution in [0.1, 0.15) is 65.7 Å². The van der Waals surface area contributed by atoms with Gasteiger partial charge in [-0.15, -0.1) is 0 Å². The van der Waals surface area contributed by atoms with Gasteiger partial charge in [0.05, 0.1) is 36.8 Å². The largest absolute Gasteiger partial charge is 0.391 e. The van der Waals surface area contributed by atoms with Crippen LogP contribution in [0.3, 0.4) is 0 Å². The van der Waals surface area contributed by atoms with Gasteiger partial charge in [0, 0.05) is 19.3 Å². The van der Waals surface area contributed by atoms with Crippen molar-refractivity contribution in [3.8, 4) is 0 Å². The molecule has 31 heavy (non-hydrogen) atoms. The molecule has 2 aliphatic heterocycles. The molecule has 4 unspecified atom stereocenters. The molecule has 2 heterocycles. The first kappa shape index (κ1) is 27.7. The maximum absolute atomic E-state index is 11.6. The minimum atomic E-state index is -0.903. The predicted octanol–water partition coefficient (Wildman–Crippen LogP) is 3.96. The first-order valence-electron chi connectivity index (χ1n) is 11.4. The van der Waals surface area contributed by atoms with Crippen molar-refractivity contribution in [2.24, 2.45) is 5.92 Å². The number of methoxy groups -OCH3 is 1. The molecule has 9 heteroatoms. The monoisotopic (exact) mass is 482 g/mol. The van der Waals surface area contributed by atoms with Crippen molar-refractivity contribution in [1.82, 2.24) is 0 Å². The Hall–Kier alpha value is 0.420. The second-order valence-electron chi connectivity index (χ2n) is 9.00. The summed E-state index contributed by atoms with van der Waals surface area (Å²) in [6.45, 7) is 7.71. The highest BCUT2D eigenvalue weighted by Gasteiger charge is 2.50. The molecule has 0 aromatic rings. The minimum absolute atomic E-state index is 0.145. The van der Waals surface area contributed by atoms with E-state index in [1.54, 1.807) is 7.11 Å². The van der Waals surface area contributed by atoms with Crippen molar-refractivity contribution < 1.29 is 33.9 Å². The van der Waals surface area contributed by atoms with Gasteiger partial charge in [-0.05, 0) is 51.9 Å². The molecule has 0 aromatic carbocycles. The van der Waals surface area contributed by atoms with Crippen LogP contribution in [0.15, 0.2) is 0 Å². The molecule has 0 saturated carbocycles. The lowest BCUT2D eigenvalue weighted by Crippen LogP contribution is -2.52. The lowest BCUT2D eigenvalue weighted by molar-refractivity contribution is -0.190. The van der Waals surface area contributed by atoms with E-state index in [4.69, 9.17) is 23.7 Å². The normalized spacial score (nSPS) is 27.7. The van der Waals surface area contributed by atoms with Crippen molar-refractivity contribution in [1.29, 1.82) is 0 Å². The van der Waals surface area contributed by atoms with Gasteiger partial charge in [-0.3, -0.25) is 0 Å². The highest BCUT2D eigenvalue weighted by atomic mass is 33.1. The third-order valence-corrected chi connectivity index (χ3v) is 10.0. The van der Waals surface area contributed by atoms with Crippen molar-refractivity contribution in [3.05, 3.63) is 0 Å². The van der Waals surface area contributed by atoms with E-state index >= 15 is 0 Å². The molecule has 2 N–H and O–H groups in total. The second kappa shape index (κ2) is 13.3. The zero-order chi connectivity index (χ0) is 22.8. The fraction of sp³-hybridized carbons (Fsp3) is 1.00. The Balaban J connectivity index is 1.82. The molecule has 0 amide bonds. The van der Waals surface area contributed by atoms with Crippen LogP contribution in [0.25, 0.3) is 0 Å². The number of rotatable bonds is 15. The Labute approximate surface area is 195 Å². The lowest BCUT2D eigenvalue weighted by Gasteiger charge is -2.48. The fourth-order valence-corrected chi connectivity index (χ4v) is 7.76. The maximum Gasteiger partial charge on any atom is 0.191 e. The molecule has 4 atom stereocenters. The molecule has 0 aliphatic carbocycles. The van der Waals surface area contributed by atoms with Gasteiger partial charge in [0.15, 0.2) is 12.1 Å². The van der Waals surface area contributed by atoms with E-state index in [-0.39, 0.29) is 24.4 Å². The number of hydrogen-bond donors (Lipinski definition) is 2. The summed E-state index contributed by atoms with van der Waals surface area (Å²) in [5.74, 6) is 0.596. The SMILES string of the molecule is COC(C)OCOCC(C)CCCC(C)(O)C1(CCC2(CO)OCCO2)CCCSS1. The molecule has 0 spiro atoms. The van der Waals surface area contributed by atoms with Crippen molar-refractivity contribution in [3.63, 3.8) is 0 Å². The number of aliphatic hydroxyl groups excluding tert-OH is 1. The van der Waals surface area contributed by atoms with E-state index in [1.165, 1.54) is 0 Å². The first-order valence-corrected chi connectivity index (χ1v) is 13.7. The topological polar surface area (TPSA) is 86.6 Å². The molecule has 7 nitrogen and oxygen atoms in total. The number of aliphatic hydroxyl groups is 2. The molecule has 2 aliphatic rings. The fourth-order valence-electron chi connectivity index (χ4n) is 4.18. The van der Waals surface area contributed by atoms with E-state index in [9.17, 15) is 10.2 Å². The lowest BCUT2D eigenvalue weighted by atomic mass is 9.77. The van der Waals surface area contributed by atoms with Crippen LogP contribution in [-0.2, 0) is 23.7 Å². The van der Waals surface area contributed by atoms with Crippen LogP contribution < -0.4 is 0 Å². The summed E-state index contributed by atoms with van der Waals surface area (Å²) in [5, 5.41) is 21.4. The standard InChI is InChI=1S/C22H42O7S2/c1-18(15-26-17-27-19(2)25-4)7-5-8-20(3,24)21(9-6-14-30-31-21)10-11-22(16-23)28-12-13-29-22/h18-19,23-24H,5-17H2,1-4H3. The van der Waals surface area contributed by atoms with Gasteiger partial charge in [-0.2, -0.15) is 0 Å². The third kappa shape index (κ3) is 8.30. The van der Waals surface area contributed by atoms with Crippen molar-refractivity contribution >= 4 is 21.6 Å². The van der Waals surface area contributed by atoms with Gasteiger partial charge >= 0.3 is 0 Å². The molecule has 0 radical (unpaired) electrons. The molecule has 0 aromatic heterocycles. The molecule has 0 bridgehead atoms. The van der Waals surface area contributed by atoms with Crippen LogP contribution in [0, 0.1) is 5.92 Å². The second-order valence-corrected chi connectivity index (χ2v) is 11.8. The summed E-state index contributed by atoms with van der Waals surface area (Å²) in [5.41, 5.74) is -0.808. The van der Waals surface area contributed by atoms with Gasteiger partial charge in [0.2, 0.25) is 0 Å². The molecular weight excluding hydrogens is 440 g/mol. The Kier molecular flexibility index (Phi) is 11.9. The van der Waals surface area contributed by atoms with Gasteiger partial charge in [0.1, 0.15) is 6.79 Å². The minimum Gasteiger partial charge on any atom is -0.391 e. The van der Waals surface area contributed by atoms with Crippen LogP contribution in [-0.4, -0.2) is 78.7 Å². The van der Waals surface area contributed by atoms with E-state index in [0.29, 0.717) is 32.2 Å². The molecular formula is C22H42O7S2. The van der Waals surface area contributed by atoms with Crippen LogP contribution >= 0.6 is 21.6 Å². The highest BCUT2D eigenvalue weighted by molar-refractivity contribution is 8.77. The Bertz CT molecular complexity index is 494. The Morgan fingerprint density at radius 1 is 1.19 bits per heavy atom. The maximum atomic E-state index is 11.6. The van der Waals surface area contributed by atoms with E-state index < -0.39 is 11.4 Å². The Morgan fingerprint density at radius 3 is 2.55 bits per heavy atom. The Morgan fingerprint density at radius 2 is 1.94 bits per heavy atom. The van der Waals surface area contributed by atoms with Gasteiger partial charge < -0.3 is 33.9 Å². The average Bonchev–Trinajstić information content (AvgIpc) is 3.25. The molecule has 184 valence electrons. The van der Waals surface area contributed by atoms with Crippen LogP contribution in [0.2, 0.25) is 0 Å². The quantitative estimate of drug-likeness (QED) is 0.205. The summed E-state index contributed by atoms with van der Waals surface area (Å²) in [4.78, 5) is 0. The average molecular weight is 483 g/mol. The zero-order valence-corrected chi connectivity index (χ0v) is 21.2. The van der Waals surface area contributed by atoms with Crippen molar-refractivity contribution in [2.45, 2.75) is 88.1 Å². The van der Waals surface area contributed by atoms with E-state index in [2.05, 4.69) is 6.92 Å². The van der Waals surface area contributed by atoms with Crippen LogP contribution in [0.4, 0.5) is 0 Å². The van der Waals surface area contributed by atoms with E-state index in [1.807, 2.05) is 35.4 Å². The van der Waals surface area contributed by atoms with Gasteiger partial charge in [-0.1, -0.05) is 34.9 Å². The summed E-state index contributed by atoms with van der Waals surface area (Å²) in [7, 11) is 5.26. The molecule has 2 rings (SSSR count). The van der Waals surface area contributed by atoms with Crippen molar-refractivity contribution in [2.75, 3.05) is 46.1 Å². The first-order chi connectivity index (χ1) is 14.8. The van der Waals surface area contributed by atoms with Gasteiger partial charge in [0.25, 0.3) is 0 Å². The van der Waals surface area contributed by atoms with E-state index in [0.717, 1.165) is 44.3 Å². The summed E-state index contributed by atoms with van der Waals surface area (Å²) >= 11 is 0. The number of hydrogen-bond acceptors (Lipinski definition) is 9. The number of ether oxygens (including phenoxy) is 5. The van der Waals surface area contributed by atoms with Crippen LogP contribution in [0.5, 0.6) is 0 Å². The summed E-state index contributed by atoms with van der Waals surface area (Å²) < 4.78 is 27.1. The highest BCUT2D eigenvalue weighted by Crippen LogP contribution is 2.55. The zero-order valence-electron chi connectivity index (χ0n) is 19.6. The molecule has 2 fully saturated rings. The smallest absolute Gasteiger partial charge is 0.191 e. The van der Waals surface area contributed by atoms with Gasteiger partial charge in [-0.25, -0.2) is 0 Å². The third-order valence-electron chi connectivity index (χ3n) is 6.45.